The average Bonchev–Trinajstić information content (AvgIpc) is 2.78. The number of nitrogens with zero attached hydrogens (tertiary/aromatic N) is 1. The average molecular weight is 198 g/mol. The summed E-state index contributed by atoms with van der Waals surface area (Å²) < 4.78 is 0. The minimum absolute atomic E-state index is 0.583. The minimum Gasteiger partial charge on any atom is -0.346 e. The molecule has 0 amide bonds. The van der Waals surface area contributed by atoms with Crippen LogP contribution in [0.1, 0.15) is 30.7 Å². The van der Waals surface area contributed by atoms with Crippen molar-refractivity contribution >= 4 is 11.0 Å². The molecule has 1 aliphatic carbocycles. The first-order chi connectivity index (χ1) is 7.45. The molecule has 0 spiro atoms. The summed E-state index contributed by atoms with van der Waals surface area (Å²) in [5, 5.41) is 1.27. The quantitative estimate of drug-likeness (QED) is 0.699. The molecule has 0 fully saturated rings. The molecule has 2 nitrogen and oxygen atoms in total. The summed E-state index contributed by atoms with van der Waals surface area (Å²) in [7, 11) is 0. The van der Waals surface area contributed by atoms with E-state index in [0.29, 0.717) is 5.92 Å². The van der Waals surface area contributed by atoms with Crippen LogP contribution in [0, 0.1) is 0 Å². The van der Waals surface area contributed by atoms with E-state index >= 15 is 0 Å². The first-order valence-electron chi connectivity index (χ1n) is 5.54. The first kappa shape index (κ1) is 8.72. The lowest BCUT2D eigenvalue weighted by atomic mass is 9.88. The van der Waals surface area contributed by atoms with Crippen molar-refractivity contribution in [2.24, 2.45) is 0 Å². The molecule has 1 atom stereocenters. The van der Waals surface area contributed by atoms with Crippen LogP contribution in [0.4, 0.5) is 0 Å². The van der Waals surface area contributed by atoms with Crippen molar-refractivity contribution in [3.05, 3.63) is 42.2 Å². The molecular weight excluding hydrogens is 184 g/mol. The van der Waals surface area contributed by atoms with Crippen molar-refractivity contribution in [2.45, 2.75) is 25.2 Å². The predicted molar refractivity (Wildman–Crippen MR) is 61.8 cm³/mol. The van der Waals surface area contributed by atoms with E-state index in [1.165, 1.54) is 30.2 Å². The van der Waals surface area contributed by atoms with Crippen LogP contribution in [0.15, 0.2) is 36.7 Å². The summed E-state index contributed by atoms with van der Waals surface area (Å²) in [5.74, 6) is 0.583. The van der Waals surface area contributed by atoms with E-state index in [2.05, 4.69) is 34.3 Å². The number of hydrogen-bond donors (Lipinski definition) is 1. The van der Waals surface area contributed by atoms with Crippen molar-refractivity contribution in [3.63, 3.8) is 0 Å². The molecule has 0 saturated heterocycles. The molecule has 0 radical (unpaired) electrons. The highest BCUT2D eigenvalue weighted by molar-refractivity contribution is 5.80. The summed E-state index contributed by atoms with van der Waals surface area (Å²) in [4.78, 5) is 7.48. The van der Waals surface area contributed by atoms with Crippen LogP contribution >= 0.6 is 0 Å². The number of aromatic amines is 1. The van der Waals surface area contributed by atoms with Gasteiger partial charge in [-0.25, -0.2) is 4.98 Å². The van der Waals surface area contributed by atoms with Crippen molar-refractivity contribution in [3.8, 4) is 0 Å². The zero-order valence-electron chi connectivity index (χ0n) is 8.61. The Kier molecular flexibility index (Phi) is 2.05. The van der Waals surface area contributed by atoms with Crippen molar-refractivity contribution in [2.75, 3.05) is 0 Å². The van der Waals surface area contributed by atoms with Gasteiger partial charge in [0.1, 0.15) is 5.65 Å². The van der Waals surface area contributed by atoms with E-state index in [9.17, 15) is 0 Å². The third-order valence-electron chi connectivity index (χ3n) is 3.15. The van der Waals surface area contributed by atoms with Gasteiger partial charge in [-0.15, -0.1) is 0 Å². The monoisotopic (exact) mass is 198 g/mol. The summed E-state index contributed by atoms with van der Waals surface area (Å²) in [5.41, 5.74) is 2.42. The molecule has 76 valence electrons. The van der Waals surface area contributed by atoms with Crippen LogP contribution in [-0.4, -0.2) is 9.97 Å². The minimum atomic E-state index is 0.583. The Morgan fingerprint density at radius 3 is 3.20 bits per heavy atom. The van der Waals surface area contributed by atoms with Crippen molar-refractivity contribution in [1.82, 2.24) is 9.97 Å². The number of nitrogens with one attached hydrogen (secondary N) is 1. The number of hydrogen-bond acceptors (Lipinski definition) is 1. The Morgan fingerprint density at radius 1 is 1.33 bits per heavy atom. The van der Waals surface area contributed by atoms with Crippen LogP contribution in [0.2, 0.25) is 0 Å². The highest BCUT2D eigenvalue weighted by Gasteiger charge is 2.14. The fourth-order valence-electron chi connectivity index (χ4n) is 2.38. The van der Waals surface area contributed by atoms with Gasteiger partial charge in [0.05, 0.1) is 0 Å². The Morgan fingerprint density at radius 2 is 2.33 bits per heavy atom. The number of H-pyrrole nitrogens is 1. The maximum atomic E-state index is 4.32. The molecule has 0 bridgehead atoms. The second-order valence-corrected chi connectivity index (χ2v) is 4.11. The third-order valence-corrected chi connectivity index (χ3v) is 3.15. The fourth-order valence-corrected chi connectivity index (χ4v) is 2.38. The van der Waals surface area contributed by atoms with Gasteiger partial charge in [-0.3, -0.25) is 0 Å². The van der Waals surface area contributed by atoms with Gasteiger partial charge in [-0.2, -0.15) is 0 Å². The number of allylic oxidation sites excluding steroid dienone is 2. The van der Waals surface area contributed by atoms with Gasteiger partial charge in [-0.1, -0.05) is 12.2 Å². The van der Waals surface area contributed by atoms with E-state index in [0.717, 1.165) is 5.65 Å². The summed E-state index contributed by atoms with van der Waals surface area (Å²) >= 11 is 0. The Labute approximate surface area is 89.0 Å². The molecule has 0 aromatic carbocycles. The van der Waals surface area contributed by atoms with Gasteiger partial charge < -0.3 is 4.98 Å². The van der Waals surface area contributed by atoms with E-state index in [1.54, 1.807) is 0 Å². The molecule has 15 heavy (non-hydrogen) atoms. The van der Waals surface area contributed by atoms with E-state index in [1.807, 2.05) is 12.4 Å². The van der Waals surface area contributed by atoms with Crippen molar-refractivity contribution < 1.29 is 0 Å². The van der Waals surface area contributed by atoms with Gasteiger partial charge in [0.25, 0.3) is 0 Å². The van der Waals surface area contributed by atoms with E-state index in [-0.39, 0.29) is 0 Å². The van der Waals surface area contributed by atoms with Gasteiger partial charge in [0, 0.05) is 23.7 Å². The molecule has 0 saturated carbocycles. The van der Waals surface area contributed by atoms with Crippen molar-refractivity contribution in [1.29, 1.82) is 0 Å². The Balaban J connectivity index is 2.13. The lowest BCUT2D eigenvalue weighted by molar-refractivity contribution is 0.657. The zero-order chi connectivity index (χ0) is 10.1. The predicted octanol–water partition coefficient (Wildman–Crippen LogP) is 3.39. The third kappa shape index (κ3) is 1.46. The second kappa shape index (κ2) is 3.54. The highest BCUT2D eigenvalue weighted by Crippen LogP contribution is 2.31. The van der Waals surface area contributed by atoms with Gasteiger partial charge in [-0.05, 0) is 37.0 Å². The number of pyridine rings is 1. The smallest absolute Gasteiger partial charge is 0.137 e. The Bertz CT molecular complexity index is 496. The highest BCUT2D eigenvalue weighted by atomic mass is 14.8. The second-order valence-electron chi connectivity index (χ2n) is 4.11. The van der Waals surface area contributed by atoms with Crippen LogP contribution in [0.25, 0.3) is 11.0 Å². The normalized spacial score (nSPS) is 20.9. The van der Waals surface area contributed by atoms with Crippen LogP contribution in [0.5, 0.6) is 0 Å². The molecule has 3 rings (SSSR count). The molecular formula is C13H14N2. The van der Waals surface area contributed by atoms with Crippen LogP contribution < -0.4 is 0 Å². The fraction of sp³-hybridized carbons (Fsp3) is 0.308. The molecule has 2 aromatic rings. The standard InChI is InChI=1S/C13H14N2/c1-2-4-10(5-3-1)11-6-8-14-13-12(11)7-9-15-13/h2,4,6-10H,1,3,5H2,(H,14,15). The summed E-state index contributed by atoms with van der Waals surface area (Å²) in [6, 6.07) is 4.27. The lowest BCUT2D eigenvalue weighted by Crippen LogP contribution is -2.00. The van der Waals surface area contributed by atoms with Crippen LogP contribution in [-0.2, 0) is 0 Å². The zero-order valence-corrected chi connectivity index (χ0v) is 8.61. The molecule has 1 N–H and O–H groups in total. The molecule has 0 aliphatic heterocycles. The maximum absolute atomic E-state index is 4.32. The van der Waals surface area contributed by atoms with E-state index in [4.69, 9.17) is 0 Å². The van der Waals surface area contributed by atoms with Gasteiger partial charge in [0.2, 0.25) is 0 Å². The molecule has 2 heteroatoms. The Hall–Kier alpha value is -1.57. The largest absolute Gasteiger partial charge is 0.346 e. The molecule has 2 aromatic heterocycles. The van der Waals surface area contributed by atoms with Crippen LogP contribution in [0.3, 0.4) is 0 Å². The number of fused-ring (bicyclic) bond motifs is 1. The molecule has 1 aliphatic rings. The summed E-state index contributed by atoms with van der Waals surface area (Å²) in [6.07, 6.45) is 12.3. The number of aromatic nitrogens is 2. The SMILES string of the molecule is C1=CC(c2ccnc3[nH]ccc23)CCC1. The summed E-state index contributed by atoms with van der Waals surface area (Å²) in [6.45, 7) is 0. The van der Waals surface area contributed by atoms with Gasteiger partial charge in [0.15, 0.2) is 0 Å². The lowest BCUT2D eigenvalue weighted by Gasteiger charge is -2.17. The number of rotatable bonds is 1. The van der Waals surface area contributed by atoms with E-state index < -0.39 is 0 Å². The van der Waals surface area contributed by atoms with Gasteiger partial charge >= 0.3 is 0 Å². The topological polar surface area (TPSA) is 28.7 Å². The first-order valence-corrected chi connectivity index (χ1v) is 5.54. The molecule has 1 unspecified atom stereocenters. The maximum Gasteiger partial charge on any atom is 0.137 e. The molecule has 2 heterocycles.